The third-order valence-corrected chi connectivity index (χ3v) is 3.65. The molecule has 2 N–H and O–H groups in total. The number of rotatable bonds is 6. The van der Waals surface area contributed by atoms with Crippen molar-refractivity contribution in [2.24, 2.45) is 0 Å². The van der Waals surface area contributed by atoms with Crippen molar-refractivity contribution in [1.29, 1.82) is 0 Å². The average Bonchev–Trinajstić information content (AvgIpc) is 2.66. The van der Waals surface area contributed by atoms with Gasteiger partial charge in [-0.25, -0.2) is 18.1 Å². The van der Waals surface area contributed by atoms with Crippen molar-refractivity contribution in [2.75, 3.05) is 14.2 Å². The number of H-pyrrole nitrogens is 1. The highest BCUT2D eigenvalue weighted by Gasteiger charge is 2.24. The van der Waals surface area contributed by atoms with Crippen LogP contribution in [0.1, 0.15) is 12.7 Å². The highest BCUT2D eigenvalue weighted by Crippen LogP contribution is 2.08. The predicted molar refractivity (Wildman–Crippen MR) is 60.9 cm³/mol. The van der Waals surface area contributed by atoms with E-state index in [4.69, 9.17) is 9.47 Å². The summed E-state index contributed by atoms with van der Waals surface area (Å²) in [6.45, 7) is 3.33. The van der Waals surface area contributed by atoms with Crippen molar-refractivity contribution in [3.63, 3.8) is 0 Å². The molecule has 0 fully saturated rings. The van der Waals surface area contributed by atoms with Gasteiger partial charge in [-0.1, -0.05) is 0 Å². The normalized spacial score (nSPS) is 14.2. The van der Waals surface area contributed by atoms with E-state index in [1.165, 1.54) is 20.4 Å². The van der Waals surface area contributed by atoms with Crippen LogP contribution in [0.15, 0.2) is 11.2 Å². The molecule has 0 aliphatic heterocycles. The van der Waals surface area contributed by atoms with Gasteiger partial charge < -0.3 is 14.5 Å². The molecule has 1 heterocycles. The Morgan fingerprint density at radius 1 is 1.41 bits per heavy atom. The fourth-order valence-corrected chi connectivity index (χ4v) is 2.60. The van der Waals surface area contributed by atoms with Gasteiger partial charge in [-0.2, -0.15) is 0 Å². The summed E-state index contributed by atoms with van der Waals surface area (Å²) in [7, 11) is -0.744. The van der Waals surface area contributed by atoms with Crippen LogP contribution in [0.3, 0.4) is 0 Å². The first-order valence-corrected chi connectivity index (χ1v) is 6.48. The van der Waals surface area contributed by atoms with Crippen LogP contribution in [0.4, 0.5) is 0 Å². The van der Waals surface area contributed by atoms with Gasteiger partial charge in [0, 0.05) is 14.2 Å². The summed E-state index contributed by atoms with van der Waals surface area (Å²) in [5.74, 6) is 0.535. The molecule has 17 heavy (non-hydrogen) atoms. The molecule has 0 spiro atoms. The molecule has 7 nitrogen and oxygen atoms in total. The number of nitrogens with zero attached hydrogens (tertiary/aromatic N) is 1. The van der Waals surface area contributed by atoms with E-state index in [1.807, 2.05) is 0 Å². The van der Waals surface area contributed by atoms with Crippen molar-refractivity contribution in [1.82, 2.24) is 14.7 Å². The Labute approximate surface area is 101 Å². The highest BCUT2D eigenvalue weighted by molar-refractivity contribution is 7.89. The fourth-order valence-electron chi connectivity index (χ4n) is 1.40. The van der Waals surface area contributed by atoms with Gasteiger partial charge >= 0.3 is 0 Å². The molecule has 0 aliphatic carbocycles. The molecule has 1 atom stereocenters. The second kappa shape index (κ2) is 5.58. The topological polar surface area (TPSA) is 93.3 Å². The van der Waals surface area contributed by atoms with Crippen LogP contribution in [0.5, 0.6) is 0 Å². The Morgan fingerprint density at radius 3 is 2.41 bits per heavy atom. The van der Waals surface area contributed by atoms with Crippen molar-refractivity contribution < 1.29 is 17.9 Å². The second-order valence-corrected chi connectivity index (χ2v) is 5.27. The minimum absolute atomic E-state index is 0.0211. The molecule has 0 aliphatic rings. The van der Waals surface area contributed by atoms with E-state index in [-0.39, 0.29) is 5.03 Å². The number of ether oxygens (including phenoxy) is 2. The molecule has 0 radical (unpaired) electrons. The second-order valence-electron chi connectivity index (χ2n) is 3.58. The van der Waals surface area contributed by atoms with Crippen LogP contribution in [-0.4, -0.2) is 44.9 Å². The van der Waals surface area contributed by atoms with Crippen molar-refractivity contribution >= 4 is 10.0 Å². The zero-order valence-electron chi connectivity index (χ0n) is 10.2. The number of aryl methyl sites for hydroxylation is 1. The number of aromatic nitrogens is 2. The van der Waals surface area contributed by atoms with E-state index in [2.05, 4.69) is 14.7 Å². The van der Waals surface area contributed by atoms with Gasteiger partial charge in [0.2, 0.25) is 0 Å². The van der Waals surface area contributed by atoms with Crippen LogP contribution in [0.2, 0.25) is 0 Å². The Hall–Kier alpha value is -0.960. The maximum Gasteiger partial charge on any atom is 0.258 e. The van der Waals surface area contributed by atoms with E-state index in [0.29, 0.717) is 5.82 Å². The minimum Gasteiger partial charge on any atom is -0.354 e. The fraction of sp³-hybridized carbons (Fsp3) is 0.667. The molecular weight excluding hydrogens is 246 g/mol. The lowest BCUT2D eigenvalue weighted by Gasteiger charge is -2.21. The Balaban J connectivity index is 2.80. The van der Waals surface area contributed by atoms with E-state index in [9.17, 15) is 8.42 Å². The molecule has 0 saturated carbocycles. The summed E-state index contributed by atoms with van der Waals surface area (Å²) < 4.78 is 36.2. The van der Waals surface area contributed by atoms with Gasteiger partial charge in [0.1, 0.15) is 5.82 Å². The summed E-state index contributed by atoms with van der Waals surface area (Å²) in [6.07, 6.45) is 0.618. The Kier molecular flexibility index (Phi) is 4.63. The summed E-state index contributed by atoms with van der Waals surface area (Å²) in [6, 6.07) is -0.515. The SMILES string of the molecule is COC(OC)C(C)NS(=O)(=O)c1cnc(C)[nH]1. The first kappa shape index (κ1) is 14.1. The zero-order chi connectivity index (χ0) is 13.1. The number of sulfonamides is 1. The highest BCUT2D eigenvalue weighted by atomic mass is 32.2. The lowest BCUT2D eigenvalue weighted by atomic mass is 10.3. The molecule has 0 saturated heterocycles. The first-order chi connectivity index (χ1) is 7.90. The molecule has 1 aromatic rings. The van der Waals surface area contributed by atoms with Gasteiger partial charge in [0.15, 0.2) is 11.3 Å². The maximum atomic E-state index is 11.9. The number of imidazole rings is 1. The largest absolute Gasteiger partial charge is 0.354 e. The van der Waals surface area contributed by atoms with Crippen molar-refractivity contribution in [3.8, 4) is 0 Å². The molecule has 8 heteroatoms. The Bertz CT molecular complexity index is 453. The summed E-state index contributed by atoms with van der Waals surface area (Å²) >= 11 is 0. The maximum absolute atomic E-state index is 11.9. The van der Waals surface area contributed by atoms with Crippen LogP contribution >= 0.6 is 0 Å². The Morgan fingerprint density at radius 2 is 2.00 bits per heavy atom. The van der Waals surface area contributed by atoms with Gasteiger partial charge in [0.25, 0.3) is 10.0 Å². The molecular formula is C9H17N3O4S. The third kappa shape index (κ3) is 3.50. The van der Waals surface area contributed by atoms with Gasteiger partial charge in [-0.3, -0.25) is 0 Å². The number of hydrogen-bond acceptors (Lipinski definition) is 5. The van der Waals surface area contributed by atoms with Gasteiger partial charge in [-0.15, -0.1) is 0 Å². The number of aromatic amines is 1. The number of hydrogen-bond donors (Lipinski definition) is 2. The number of methoxy groups -OCH3 is 2. The standard InChI is InChI=1S/C9H17N3O4S/c1-6(9(15-3)16-4)12-17(13,14)8-5-10-7(2)11-8/h5-6,9,12H,1-4H3,(H,10,11). The van der Waals surface area contributed by atoms with Gasteiger partial charge in [0.05, 0.1) is 12.2 Å². The quantitative estimate of drug-likeness (QED) is 0.705. The van der Waals surface area contributed by atoms with Gasteiger partial charge in [-0.05, 0) is 13.8 Å². The summed E-state index contributed by atoms with van der Waals surface area (Å²) in [5, 5.41) is 0.0211. The summed E-state index contributed by atoms with van der Waals surface area (Å²) in [4.78, 5) is 6.49. The number of nitrogens with one attached hydrogen (secondary N) is 2. The molecule has 1 unspecified atom stereocenters. The summed E-state index contributed by atoms with van der Waals surface area (Å²) in [5.41, 5.74) is 0. The molecule has 98 valence electrons. The monoisotopic (exact) mass is 263 g/mol. The molecule has 1 aromatic heterocycles. The smallest absolute Gasteiger partial charge is 0.258 e. The first-order valence-electron chi connectivity index (χ1n) is 5.00. The van der Waals surface area contributed by atoms with Crippen molar-refractivity contribution in [2.45, 2.75) is 31.2 Å². The van der Waals surface area contributed by atoms with E-state index in [1.54, 1.807) is 13.8 Å². The van der Waals surface area contributed by atoms with Crippen molar-refractivity contribution in [3.05, 3.63) is 12.0 Å². The lowest BCUT2D eigenvalue weighted by molar-refractivity contribution is -0.115. The average molecular weight is 263 g/mol. The van der Waals surface area contributed by atoms with Crippen LogP contribution < -0.4 is 4.72 Å². The van der Waals surface area contributed by atoms with Crippen LogP contribution in [0, 0.1) is 6.92 Å². The minimum atomic E-state index is -3.63. The molecule has 0 bridgehead atoms. The van der Waals surface area contributed by atoms with E-state index < -0.39 is 22.4 Å². The molecule has 1 rings (SSSR count). The van der Waals surface area contributed by atoms with E-state index >= 15 is 0 Å². The van der Waals surface area contributed by atoms with Crippen LogP contribution in [0.25, 0.3) is 0 Å². The predicted octanol–water partition coefficient (Wildman–Crippen LogP) is 0.00382. The lowest BCUT2D eigenvalue weighted by Crippen LogP contribution is -2.42. The molecule has 0 amide bonds. The third-order valence-electron chi connectivity index (χ3n) is 2.18. The zero-order valence-corrected chi connectivity index (χ0v) is 11.0. The van der Waals surface area contributed by atoms with Crippen LogP contribution in [-0.2, 0) is 19.5 Å². The molecule has 0 aromatic carbocycles. The van der Waals surface area contributed by atoms with E-state index in [0.717, 1.165) is 0 Å².